The fraction of sp³-hybridized carbons (Fsp3) is 0.440. The Morgan fingerprint density at radius 1 is 0.909 bits per heavy atom. The topological polar surface area (TPSA) is 84.0 Å². The second-order valence-corrected chi connectivity index (χ2v) is 10.3. The van der Waals surface area contributed by atoms with Gasteiger partial charge in [0.25, 0.3) is 0 Å². The normalized spacial score (nSPS) is 15.7. The number of rotatable bonds is 4. The van der Waals surface area contributed by atoms with Gasteiger partial charge in [0.1, 0.15) is 11.5 Å². The number of nitrogens with zero attached hydrogens (tertiary/aromatic N) is 2. The van der Waals surface area contributed by atoms with E-state index in [4.69, 9.17) is 4.74 Å². The van der Waals surface area contributed by atoms with Crippen LogP contribution in [0.2, 0.25) is 0 Å². The van der Waals surface area contributed by atoms with Crippen molar-refractivity contribution in [1.29, 1.82) is 0 Å². The number of ether oxygens (including phenoxy) is 1. The molecule has 33 heavy (non-hydrogen) atoms. The van der Waals surface area contributed by atoms with Gasteiger partial charge in [-0.25, -0.2) is 8.42 Å². The summed E-state index contributed by atoms with van der Waals surface area (Å²) in [5, 5.41) is 0. The van der Waals surface area contributed by atoms with Gasteiger partial charge in [-0.1, -0.05) is 37.5 Å². The predicted octanol–water partition coefficient (Wildman–Crippen LogP) is 3.81. The number of benzene rings is 2. The molecular formula is C25H32N2O5S. The maximum Gasteiger partial charge on any atom is 0.238 e. The number of carbonyl (C=O) groups is 2. The van der Waals surface area contributed by atoms with Crippen molar-refractivity contribution in [3.8, 4) is 5.75 Å². The molecule has 0 aliphatic carbocycles. The number of para-hydroxylation sites is 1. The molecule has 1 heterocycles. The maximum atomic E-state index is 13.2. The van der Waals surface area contributed by atoms with E-state index in [1.165, 1.54) is 19.2 Å². The average Bonchev–Trinajstić information content (AvgIpc) is 2.79. The van der Waals surface area contributed by atoms with Gasteiger partial charge in [-0.15, -0.1) is 0 Å². The third-order valence-corrected chi connectivity index (χ3v) is 7.54. The summed E-state index contributed by atoms with van der Waals surface area (Å²) in [5.41, 5.74) is 1.62. The number of hydrogen-bond donors (Lipinski definition) is 0. The first-order valence-electron chi connectivity index (χ1n) is 11.3. The second-order valence-electron chi connectivity index (χ2n) is 8.32. The molecule has 1 aliphatic heterocycles. The second kappa shape index (κ2) is 11.3. The van der Waals surface area contributed by atoms with E-state index < -0.39 is 21.5 Å². The minimum absolute atomic E-state index is 0.0422. The molecule has 3 rings (SSSR count). The highest BCUT2D eigenvalue weighted by atomic mass is 32.2. The molecule has 0 N–H and O–H groups in total. The molecule has 0 radical (unpaired) electrons. The lowest BCUT2D eigenvalue weighted by molar-refractivity contribution is -0.129. The van der Waals surface area contributed by atoms with Crippen LogP contribution in [0.1, 0.15) is 44.6 Å². The number of anilines is 1. The largest absolute Gasteiger partial charge is 0.497 e. The molecule has 0 fully saturated rings. The summed E-state index contributed by atoms with van der Waals surface area (Å²) in [4.78, 5) is 29.0. The molecule has 1 aliphatic rings. The lowest BCUT2D eigenvalue weighted by Gasteiger charge is -2.29. The zero-order valence-corrected chi connectivity index (χ0v) is 20.1. The van der Waals surface area contributed by atoms with Gasteiger partial charge in [0.2, 0.25) is 11.8 Å². The monoisotopic (exact) mass is 472 g/mol. The smallest absolute Gasteiger partial charge is 0.238 e. The molecule has 2 amide bonds. The molecule has 178 valence electrons. The first-order chi connectivity index (χ1) is 15.8. The van der Waals surface area contributed by atoms with Gasteiger partial charge in [-0.3, -0.25) is 9.59 Å². The highest BCUT2D eigenvalue weighted by molar-refractivity contribution is 7.92. The van der Waals surface area contributed by atoms with E-state index in [0.717, 1.165) is 43.4 Å². The number of hydrogen-bond acceptors (Lipinski definition) is 5. The Morgan fingerprint density at radius 2 is 1.55 bits per heavy atom. The van der Waals surface area contributed by atoms with Gasteiger partial charge in [-0.2, -0.15) is 0 Å². The van der Waals surface area contributed by atoms with Crippen LogP contribution in [0.3, 0.4) is 0 Å². The van der Waals surface area contributed by atoms with Crippen LogP contribution in [0.15, 0.2) is 53.4 Å². The highest BCUT2D eigenvalue weighted by Gasteiger charge is 2.25. The van der Waals surface area contributed by atoms with E-state index in [9.17, 15) is 18.0 Å². The quantitative estimate of drug-likeness (QED) is 0.676. The number of fused-ring (bicyclic) bond motifs is 1. The zero-order valence-electron chi connectivity index (χ0n) is 19.3. The first-order valence-corrected chi connectivity index (χ1v) is 13.0. The van der Waals surface area contributed by atoms with E-state index in [0.29, 0.717) is 18.8 Å². The van der Waals surface area contributed by atoms with Crippen molar-refractivity contribution in [2.24, 2.45) is 0 Å². The van der Waals surface area contributed by atoms with Crippen LogP contribution >= 0.6 is 0 Å². The minimum atomic E-state index is -3.80. The lowest BCUT2D eigenvalue weighted by Crippen LogP contribution is -2.37. The van der Waals surface area contributed by atoms with Gasteiger partial charge in [-0.05, 0) is 48.7 Å². The number of amides is 2. The Kier molecular flexibility index (Phi) is 8.49. The summed E-state index contributed by atoms with van der Waals surface area (Å²) in [7, 11) is -2.29. The van der Waals surface area contributed by atoms with E-state index >= 15 is 0 Å². The van der Waals surface area contributed by atoms with Crippen LogP contribution in [0.4, 0.5) is 5.69 Å². The number of methoxy groups -OCH3 is 1. The fourth-order valence-corrected chi connectivity index (χ4v) is 5.30. The molecule has 0 atom stereocenters. The lowest BCUT2D eigenvalue weighted by atomic mass is 10.1. The van der Waals surface area contributed by atoms with Crippen LogP contribution in [0, 0.1) is 0 Å². The number of sulfone groups is 1. The first kappa shape index (κ1) is 24.8. The van der Waals surface area contributed by atoms with Gasteiger partial charge in [0.15, 0.2) is 9.84 Å². The Morgan fingerprint density at radius 3 is 2.21 bits per heavy atom. The average molecular weight is 473 g/mol. The summed E-state index contributed by atoms with van der Waals surface area (Å²) < 4.78 is 30.9. The van der Waals surface area contributed by atoms with Gasteiger partial charge >= 0.3 is 0 Å². The molecule has 2 aromatic carbocycles. The standard InChI is InChI=1S/C25H32N2O5S/c1-20(28)27-17-9-5-3-4-8-16-26(18-21-10-6-7-11-24(21)27)25(29)19-33(30,31)23-14-12-22(32-2)13-15-23/h6-7,10-15H,3-5,8-9,16-19H2,1-2H3. The van der Waals surface area contributed by atoms with Gasteiger partial charge in [0, 0.05) is 32.2 Å². The molecule has 2 aromatic rings. The molecule has 8 heteroatoms. The van der Waals surface area contributed by atoms with Crippen molar-refractivity contribution in [2.75, 3.05) is 30.9 Å². The molecule has 0 saturated heterocycles. The van der Waals surface area contributed by atoms with E-state index in [1.54, 1.807) is 28.9 Å². The summed E-state index contributed by atoms with van der Waals surface area (Å²) in [5.74, 6) is -0.528. The van der Waals surface area contributed by atoms with E-state index in [-0.39, 0.29) is 17.3 Å². The predicted molar refractivity (Wildman–Crippen MR) is 128 cm³/mol. The Balaban J connectivity index is 1.86. The van der Waals surface area contributed by atoms with Crippen molar-refractivity contribution in [3.05, 3.63) is 54.1 Å². The molecule has 0 aromatic heterocycles. The third kappa shape index (κ3) is 6.57. The molecule has 0 bridgehead atoms. The van der Waals surface area contributed by atoms with Crippen LogP contribution in [-0.2, 0) is 26.0 Å². The summed E-state index contributed by atoms with van der Waals surface area (Å²) >= 11 is 0. The summed E-state index contributed by atoms with van der Waals surface area (Å²) in [6.07, 6.45) is 4.71. The molecule has 7 nitrogen and oxygen atoms in total. The maximum absolute atomic E-state index is 13.2. The van der Waals surface area contributed by atoms with Crippen LogP contribution in [0.5, 0.6) is 5.75 Å². The minimum Gasteiger partial charge on any atom is -0.497 e. The fourth-order valence-electron chi connectivity index (χ4n) is 4.08. The molecule has 0 saturated carbocycles. The Labute approximate surface area is 196 Å². The Hall–Kier alpha value is -2.87. The number of carbonyl (C=O) groups excluding carboxylic acids is 2. The van der Waals surface area contributed by atoms with Gasteiger partial charge in [0.05, 0.1) is 12.0 Å². The van der Waals surface area contributed by atoms with E-state index in [1.807, 2.05) is 24.3 Å². The third-order valence-electron chi connectivity index (χ3n) is 5.92. The molecule has 0 unspecified atom stereocenters. The molecular weight excluding hydrogens is 440 g/mol. The summed E-state index contributed by atoms with van der Waals surface area (Å²) in [6, 6.07) is 13.6. The Bertz CT molecular complexity index is 1070. The highest BCUT2D eigenvalue weighted by Crippen LogP contribution is 2.25. The van der Waals surface area contributed by atoms with Crippen molar-refractivity contribution in [2.45, 2.75) is 50.5 Å². The van der Waals surface area contributed by atoms with Crippen molar-refractivity contribution < 1.29 is 22.7 Å². The van der Waals surface area contributed by atoms with Crippen LogP contribution < -0.4 is 9.64 Å². The van der Waals surface area contributed by atoms with E-state index in [2.05, 4.69) is 0 Å². The SMILES string of the molecule is COc1ccc(S(=O)(=O)CC(=O)N2CCCCCCCN(C(C)=O)c3ccccc3C2)cc1. The zero-order chi connectivity index (χ0) is 23.8. The molecule has 0 spiro atoms. The summed E-state index contributed by atoms with van der Waals surface area (Å²) in [6.45, 7) is 2.92. The van der Waals surface area contributed by atoms with Crippen LogP contribution in [0.25, 0.3) is 0 Å². The van der Waals surface area contributed by atoms with Crippen molar-refractivity contribution in [3.63, 3.8) is 0 Å². The van der Waals surface area contributed by atoms with Crippen molar-refractivity contribution in [1.82, 2.24) is 4.90 Å². The van der Waals surface area contributed by atoms with Gasteiger partial charge < -0.3 is 14.5 Å². The van der Waals surface area contributed by atoms with Crippen molar-refractivity contribution >= 4 is 27.3 Å². The van der Waals surface area contributed by atoms with Crippen LogP contribution in [-0.4, -0.2) is 51.1 Å².